The van der Waals surface area contributed by atoms with Crippen molar-refractivity contribution in [1.82, 2.24) is 9.88 Å². The number of aromatic amines is 1. The van der Waals surface area contributed by atoms with Crippen molar-refractivity contribution in [2.75, 3.05) is 13.1 Å². The molecule has 0 aliphatic carbocycles. The molecule has 1 aromatic heterocycles. The molecule has 3 rings (SSSR count). The molecule has 24 heavy (non-hydrogen) atoms. The van der Waals surface area contributed by atoms with Crippen molar-refractivity contribution in [3.63, 3.8) is 0 Å². The number of aromatic nitrogens is 1. The van der Waals surface area contributed by atoms with Gasteiger partial charge < -0.3 is 15.2 Å². The number of H-pyrrole nitrogens is 1. The second-order valence-electron chi connectivity index (χ2n) is 5.81. The van der Waals surface area contributed by atoms with Gasteiger partial charge in [0.2, 0.25) is 0 Å². The summed E-state index contributed by atoms with van der Waals surface area (Å²) in [6, 6.07) is 9.37. The highest BCUT2D eigenvalue weighted by molar-refractivity contribution is 5.84. The minimum Gasteiger partial charge on any atom is -0.504 e. The maximum atomic E-state index is 13.7. The molecule has 0 radical (unpaired) electrons. The van der Waals surface area contributed by atoms with Gasteiger partial charge in [0, 0.05) is 17.1 Å². The molecule has 3 N–H and O–H groups in total. The van der Waals surface area contributed by atoms with E-state index < -0.39 is 0 Å². The highest BCUT2D eigenvalue weighted by Crippen LogP contribution is 2.37. The minimum absolute atomic E-state index is 0.151. The van der Waals surface area contributed by atoms with Crippen LogP contribution in [0.25, 0.3) is 10.9 Å². The molecule has 0 saturated heterocycles. The number of nitrogens with one attached hydrogen (secondary N) is 1. The molecule has 4 nitrogen and oxygen atoms in total. The number of rotatable bonds is 5. The van der Waals surface area contributed by atoms with Crippen molar-refractivity contribution >= 4 is 10.9 Å². The number of aromatic hydroxyl groups is 2. The van der Waals surface area contributed by atoms with Gasteiger partial charge in [-0.3, -0.25) is 4.90 Å². The molecular weight excluding hydrogens is 307 g/mol. The summed E-state index contributed by atoms with van der Waals surface area (Å²) in [5, 5.41) is 20.3. The third-order valence-electron chi connectivity index (χ3n) is 4.46. The van der Waals surface area contributed by atoms with Crippen molar-refractivity contribution < 1.29 is 14.6 Å². The number of halogens is 1. The average Bonchev–Trinajstić information content (AvgIpc) is 2.98. The normalized spacial score (nSPS) is 12.8. The van der Waals surface area contributed by atoms with Crippen LogP contribution in [0.2, 0.25) is 0 Å². The van der Waals surface area contributed by atoms with Crippen LogP contribution in [0.1, 0.15) is 31.0 Å². The van der Waals surface area contributed by atoms with Crippen LogP contribution < -0.4 is 0 Å². The smallest absolute Gasteiger partial charge is 0.157 e. The molecule has 0 fully saturated rings. The first-order chi connectivity index (χ1) is 11.5. The van der Waals surface area contributed by atoms with Gasteiger partial charge in [0.25, 0.3) is 0 Å². The maximum absolute atomic E-state index is 13.7. The van der Waals surface area contributed by atoms with E-state index in [0.29, 0.717) is 0 Å². The fourth-order valence-corrected chi connectivity index (χ4v) is 3.23. The molecule has 2 aromatic carbocycles. The van der Waals surface area contributed by atoms with Crippen LogP contribution in [0.3, 0.4) is 0 Å². The molecule has 0 saturated carbocycles. The van der Waals surface area contributed by atoms with Gasteiger partial charge in [-0.05, 0) is 54.5 Å². The molecular formula is C19H21FN2O2. The van der Waals surface area contributed by atoms with Crippen molar-refractivity contribution in [2.24, 2.45) is 0 Å². The lowest BCUT2D eigenvalue weighted by molar-refractivity contribution is 0.251. The zero-order chi connectivity index (χ0) is 17.3. The Bertz CT molecular complexity index is 856. The van der Waals surface area contributed by atoms with E-state index in [9.17, 15) is 14.6 Å². The quantitative estimate of drug-likeness (QED) is 0.617. The zero-order valence-corrected chi connectivity index (χ0v) is 13.8. The number of hydrogen-bond donors (Lipinski definition) is 3. The van der Waals surface area contributed by atoms with E-state index in [2.05, 4.69) is 23.7 Å². The van der Waals surface area contributed by atoms with Gasteiger partial charge in [0.05, 0.1) is 6.04 Å². The number of fused-ring (bicyclic) bond motifs is 1. The maximum Gasteiger partial charge on any atom is 0.157 e. The molecule has 0 amide bonds. The van der Waals surface area contributed by atoms with Gasteiger partial charge in [-0.1, -0.05) is 19.9 Å². The van der Waals surface area contributed by atoms with Crippen LogP contribution in [0.4, 0.5) is 4.39 Å². The summed E-state index contributed by atoms with van der Waals surface area (Å²) in [5.41, 5.74) is 2.66. The Morgan fingerprint density at radius 2 is 1.79 bits per heavy atom. The highest BCUT2D eigenvalue weighted by Gasteiger charge is 2.24. The molecule has 0 aliphatic rings. The Kier molecular flexibility index (Phi) is 4.44. The predicted molar refractivity (Wildman–Crippen MR) is 92.8 cm³/mol. The summed E-state index contributed by atoms with van der Waals surface area (Å²) in [5.74, 6) is -0.590. The lowest BCUT2D eigenvalue weighted by atomic mass is 9.96. The summed E-state index contributed by atoms with van der Waals surface area (Å²) >= 11 is 0. The van der Waals surface area contributed by atoms with Gasteiger partial charge in [-0.25, -0.2) is 4.39 Å². The molecule has 0 spiro atoms. The van der Waals surface area contributed by atoms with Crippen molar-refractivity contribution in [3.8, 4) is 11.5 Å². The third-order valence-corrected chi connectivity index (χ3v) is 4.46. The van der Waals surface area contributed by atoms with E-state index >= 15 is 0 Å². The SMILES string of the molecule is CCN(CC)C(c1ccc(O)c(O)c1)c1c[nH]c2ccc(F)cc12. The van der Waals surface area contributed by atoms with Crippen LogP contribution in [-0.2, 0) is 0 Å². The number of phenols is 2. The van der Waals surface area contributed by atoms with Gasteiger partial charge in [0.1, 0.15) is 5.82 Å². The Morgan fingerprint density at radius 3 is 2.46 bits per heavy atom. The summed E-state index contributed by atoms with van der Waals surface area (Å²) in [6.07, 6.45) is 1.89. The van der Waals surface area contributed by atoms with Crippen LogP contribution >= 0.6 is 0 Å². The fourth-order valence-electron chi connectivity index (χ4n) is 3.23. The molecule has 1 atom stereocenters. The van der Waals surface area contributed by atoms with Crippen LogP contribution in [0.5, 0.6) is 11.5 Å². The minimum atomic E-state index is -0.282. The largest absolute Gasteiger partial charge is 0.504 e. The lowest BCUT2D eigenvalue weighted by Crippen LogP contribution is -2.29. The second-order valence-corrected chi connectivity index (χ2v) is 5.81. The molecule has 126 valence electrons. The number of hydrogen-bond acceptors (Lipinski definition) is 3. The number of nitrogens with zero attached hydrogens (tertiary/aromatic N) is 1. The van der Waals surface area contributed by atoms with E-state index in [0.717, 1.165) is 35.1 Å². The van der Waals surface area contributed by atoms with Crippen LogP contribution in [0, 0.1) is 5.82 Å². The van der Waals surface area contributed by atoms with Gasteiger partial charge in [-0.2, -0.15) is 0 Å². The Hall–Kier alpha value is -2.53. The summed E-state index contributed by atoms with van der Waals surface area (Å²) in [6.45, 7) is 5.72. The molecule has 3 aromatic rings. The Labute approximate surface area is 140 Å². The monoisotopic (exact) mass is 328 g/mol. The number of benzene rings is 2. The van der Waals surface area contributed by atoms with Crippen molar-refractivity contribution in [3.05, 3.63) is 59.5 Å². The van der Waals surface area contributed by atoms with E-state index in [4.69, 9.17) is 0 Å². The molecule has 1 unspecified atom stereocenters. The molecule has 0 aliphatic heterocycles. The fraction of sp³-hybridized carbons (Fsp3) is 0.263. The van der Waals surface area contributed by atoms with Gasteiger partial charge in [0.15, 0.2) is 11.5 Å². The third kappa shape index (κ3) is 2.83. The standard InChI is InChI=1S/C19H21FN2O2/c1-3-22(4-2)19(12-5-8-17(23)18(24)9-12)15-11-21-16-7-6-13(20)10-14(15)16/h5-11,19,21,23-24H,3-4H2,1-2H3. The highest BCUT2D eigenvalue weighted by atomic mass is 19.1. The lowest BCUT2D eigenvalue weighted by Gasteiger charge is -2.30. The first-order valence-corrected chi connectivity index (χ1v) is 8.07. The van der Waals surface area contributed by atoms with Gasteiger partial charge >= 0.3 is 0 Å². The average molecular weight is 328 g/mol. The molecule has 1 heterocycles. The molecule has 5 heteroatoms. The van der Waals surface area contributed by atoms with E-state index in [-0.39, 0.29) is 23.4 Å². The topological polar surface area (TPSA) is 59.5 Å². The van der Waals surface area contributed by atoms with Crippen molar-refractivity contribution in [1.29, 1.82) is 0 Å². The predicted octanol–water partition coefficient (Wildman–Crippen LogP) is 4.15. The summed E-state index contributed by atoms with van der Waals surface area (Å²) in [7, 11) is 0. The Balaban J connectivity index is 2.19. The zero-order valence-electron chi connectivity index (χ0n) is 13.8. The van der Waals surface area contributed by atoms with Crippen LogP contribution in [-0.4, -0.2) is 33.2 Å². The first kappa shape index (κ1) is 16.3. The van der Waals surface area contributed by atoms with E-state index in [1.54, 1.807) is 18.2 Å². The molecule has 0 bridgehead atoms. The van der Waals surface area contributed by atoms with Gasteiger partial charge in [-0.15, -0.1) is 0 Å². The van der Waals surface area contributed by atoms with E-state index in [1.807, 2.05) is 6.20 Å². The number of phenolic OH excluding ortho intramolecular Hbond substituents is 2. The van der Waals surface area contributed by atoms with E-state index in [1.165, 1.54) is 18.2 Å². The Morgan fingerprint density at radius 1 is 1.04 bits per heavy atom. The second kappa shape index (κ2) is 6.53. The first-order valence-electron chi connectivity index (χ1n) is 8.07. The summed E-state index contributed by atoms with van der Waals surface area (Å²) in [4.78, 5) is 5.41. The van der Waals surface area contributed by atoms with Crippen LogP contribution in [0.15, 0.2) is 42.6 Å². The summed E-state index contributed by atoms with van der Waals surface area (Å²) < 4.78 is 13.7. The van der Waals surface area contributed by atoms with Crippen molar-refractivity contribution in [2.45, 2.75) is 19.9 Å².